The molecule has 1 aliphatic rings. The Labute approximate surface area is 146 Å². The first-order chi connectivity index (χ1) is 12.2. The van der Waals surface area contributed by atoms with E-state index < -0.39 is 0 Å². The molecule has 0 unspecified atom stereocenters. The summed E-state index contributed by atoms with van der Waals surface area (Å²) in [5.41, 5.74) is 0.976. The lowest BCUT2D eigenvalue weighted by Crippen LogP contribution is -2.37. The number of alkyl carbamates (subject to hydrolysis) is 1. The summed E-state index contributed by atoms with van der Waals surface area (Å²) in [6, 6.07) is 9.77. The summed E-state index contributed by atoms with van der Waals surface area (Å²) in [7, 11) is 1.59. The van der Waals surface area contributed by atoms with Crippen LogP contribution in [-0.2, 0) is 22.7 Å². The van der Waals surface area contributed by atoms with Crippen molar-refractivity contribution < 1.29 is 18.7 Å². The van der Waals surface area contributed by atoms with E-state index in [2.05, 4.69) is 15.5 Å². The van der Waals surface area contributed by atoms with Gasteiger partial charge in [-0.3, -0.25) is 0 Å². The zero-order valence-corrected chi connectivity index (χ0v) is 14.3. The van der Waals surface area contributed by atoms with E-state index in [1.165, 1.54) is 0 Å². The number of benzene rings is 1. The average Bonchev–Trinajstić information content (AvgIpc) is 3.10. The van der Waals surface area contributed by atoms with Crippen LogP contribution >= 0.6 is 0 Å². The van der Waals surface area contributed by atoms with E-state index in [-0.39, 0.29) is 24.7 Å². The van der Waals surface area contributed by atoms with Crippen LogP contribution in [0.5, 0.6) is 0 Å². The van der Waals surface area contributed by atoms with Gasteiger partial charge in [0.05, 0.1) is 0 Å². The van der Waals surface area contributed by atoms with Crippen LogP contribution in [0.4, 0.5) is 4.79 Å². The Kier molecular flexibility index (Phi) is 6.00. The zero-order valence-electron chi connectivity index (χ0n) is 14.3. The topological polar surface area (TPSA) is 86.5 Å². The summed E-state index contributed by atoms with van der Waals surface area (Å²) >= 11 is 0. The maximum absolute atomic E-state index is 11.9. The molecule has 1 amide bonds. The number of carbonyl (C=O) groups is 1. The zero-order chi connectivity index (χ0) is 17.5. The number of rotatable bonds is 6. The molecule has 0 radical (unpaired) electrons. The highest BCUT2D eigenvalue weighted by molar-refractivity contribution is 5.67. The number of carbonyl (C=O) groups excluding carboxylic acids is 1. The van der Waals surface area contributed by atoms with Crippen LogP contribution in [-0.4, -0.2) is 29.4 Å². The first-order valence-electron chi connectivity index (χ1n) is 8.53. The third-order valence-corrected chi connectivity index (χ3v) is 4.36. The molecule has 7 heteroatoms. The highest BCUT2D eigenvalue weighted by Crippen LogP contribution is 2.32. The molecule has 1 N–H and O–H groups in total. The number of nitrogens with one attached hydrogen (secondary N) is 1. The van der Waals surface area contributed by atoms with Crippen molar-refractivity contribution in [2.75, 3.05) is 7.11 Å². The Morgan fingerprint density at radius 2 is 1.92 bits per heavy atom. The maximum atomic E-state index is 11.9. The van der Waals surface area contributed by atoms with Gasteiger partial charge in [-0.15, -0.1) is 10.2 Å². The van der Waals surface area contributed by atoms with Crippen molar-refractivity contribution in [1.29, 1.82) is 0 Å². The molecule has 1 heterocycles. The van der Waals surface area contributed by atoms with E-state index in [1.807, 2.05) is 30.3 Å². The molecule has 1 saturated carbocycles. The Bertz CT molecular complexity index is 666. The third kappa shape index (κ3) is 5.03. The van der Waals surface area contributed by atoms with Crippen molar-refractivity contribution in [3.05, 3.63) is 47.7 Å². The highest BCUT2D eigenvalue weighted by atomic mass is 16.5. The van der Waals surface area contributed by atoms with Crippen LogP contribution < -0.4 is 5.32 Å². The summed E-state index contributed by atoms with van der Waals surface area (Å²) in [6.07, 6.45) is 3.17. The summed E-state index contributed by atoms with van der Waals surface area (Å²) in [5, 5.41) is 11.0. The van der Waals surface area contributed by atoms with Gasteiger partial charge in [-0.1, -0.05) is 30.3 Å². The van der Waals surface area contributed by atoms with Gasteiger partial charge in [-0.25, -0.2) is 4.79 Å². The number of hydrogen-bond donors (Lipinski definition) is 1. The predicted octanol–water partition coefficient (Wildman–Crippen LogP) is 3.17. The van der Waals surface area contributed by atoms with Gasteiger partial charge in [0, 0.05) is 19.1 Å². The summed E-state index contributed by atoms with van der Waals surface area (Å²) in [4.78, 5) is 11.9. The molecular weight excluding hydrogens is 322 g/mol. The molecule has 0 saturated heterocycles. The summed E-state index contributed by atoms with van der Waals surface area (Å²) < 4.78 is 15.9. The van der Waals surface area contributed by atoms with Gasteiger partial charge in [0.25, 0.3) is 0 Å². The fourth-order valence-corrected chi connectivity index (χ4v) is 3.03. The molecule has 7 nitrogen and oxygen atoms in total. The third-order valence-electron chi connectivity index (χ3n) is 4.36. The molecule has 1 aliphatic carbocycles. The second kappa shape index (κ2) is 8.62. The maximum Gasteiger partial charge on any atom is 0.407 e. The lowest BCUT2D eigenvalue weighted by molar-refractivity contribution is 0.131. The Hall–Kier alpha value is -2.41. The molecular formula is C18H23N3O4. The van der Waals surface area contributed by atoms with Crippen LogP contribution in [0.25, 0.3) is 0 Å². The van der Waals surface area contributed by atoms with E-state index >= 15 is 0 Å². The minimum Gasteiger partial charge on any atom is -0.445 e. The van der Waals surface area contributed by atoms with Crippen LogP contribution in [0.3, 0.4) is 0 Å². The normalized spacial score (nSPS) is 20.2. The average molecular weight is 345 g/mol. The first kappa shape index (κ1) is 17.4. The van der Waals surface area contributed by atoms with Gasteiger partial charge >= 0.3 is 6.09 Å². The smallest absolute Gasteiger partial charge is 0.407 e. The van der Waals surface area contributed by atoms with Crippen molar-refractivity contribution in [3.63, 3.8) is 0 Å². The van der Waals surface area contributed by atoms with Gasteiger partial charge in [0.15, 0.2) is 0 Å². The number of ether oxygens (including phenoxy) is 2. The fourth-order valence-electron chi connectivity index (χ4n) is 3.03. The van der Waals surface area contributed by atoms with Crippen LogP contribution in [0.15, 0.2) is 34.7 Å². The standard InChI is InChI=1S/C18H23N3O4/c1-23-12-16-20-21-17(25-16)14-7-9-15(10-8-14)19-18(22)24-11-13-5-3-2-4-6-13/h2-6,14-15H,7-12H2,1H3,(H,19,22). The summed E-state index contributed by atoms with van der Waals surface area (Å²) in [5.74, 6) is 1.41. The van der Waals surface area contributed by atoms with Gasteiger partial charge in [-0.05, 0) is 31.2 Å². The molecule has 1 fully saturated rings. The van der Waals surface area contributed by atoms with Crippen molar-refractivity contribution in [2.24, 2.45) is 0 Å². The molecule has 0 spiro atoms. The van der Waals surface area contributed by atoms with Gasteiger partial charge in [0.1, 0.15) is 13.2 Å². The minimum absolute atomic E-state index is 0.126. The van der Waals surface area contributed by atoms with E-state index in [1.54, 1.807) is 7.11 Å². The largest absolute Gasteiger partial charge is 0.445 e. The Morgan fingerprint density at radius 3 is 2.64 bits per heavy atom. The Balaban J connectivity index is 1.40. The number of amides is 1. The van der Waals surface area contributed by atoms with Crippen molar-refractivity contribution in [1.82, 2.24) is 15.5 Å². The fraction of sp³-hybridized carbons (Fsp3) is 0.500. The van der Waals surface area contributed by atoms with Gasteiger partial charge in [0.2, 0.25) is 11.8 Å². The van der Waals surface area contributed by atoms with E-state index in [4.69, 9.17) is 13.9 Å². The predicted molar refractivity (Wildman–Crippen MR) is 89.8 cm³/mol. The summed E-state index contributed by atoms with van der Waals surface area (Å²) in [6.45, 7) is 0.615. The lowest BCUT2D eigenvalue weighted by Gasteiger charge is -2.26. The first-order valence-corrected chi connectivity index (χ1v) is 8.53. The molecule has 3 rings (SSSR count). The molecule has 2 aromatic rings. The second-order valence-electron chi connectivity index (χ2n) is 6.22. The second-order valence-corrected chi connectivity index (χ2v) is 6.22. The van der Waals surface area contributed by atoms with Crippen LogP contribution in [0, 0.1) is 0 Å². The molecule has 134 valence electrons. The van der Waals surface area contributed by atoms with E-state index in [0.717, 1.165) is 31.2 Å². The molecule has 25 heavy (non-hydrogen) atoms. The van der Waals surface area contributed by atoms with Gasteiger partial charge < -0.3 is 19.2 Å². The van der Waals surface area contributed by atoms with E-state index in [9.17, 15) is 4.79 Å². The molecule has 0 atom stereocenters. The molecule has 1 aromatic heterocycles. The van der Waals surface area contributed by atoms with Crippen molar-refractivity contribution in [2.45, 2.75) is 50.9 Å². The van der Waals surface area contributed by atoms with E-state index in [0.29, 0.717) is 18.4 Å². The van der Waals surface area contributed by atoms with Crippen LogP contribution in [0.2, 0.25) is 0 Å². The lowest BCUT2D eigenvalue weighted by atomic mass is 9.86. The van der Waals surface area contributed by atoms with Gasteiger partial charge in [-0.2, -0.15) is 0 Å². The van der Waals surface area contributed by atoms with Crippen molar-refractivity contribution in [3.8, 4) is 0 Å². The van der Waals surface area contributed by atoms with Crippen molar-refractivity contribution >= 4 is 6.09 Å². The minimum atomic E-state index is -0.368. The SMILES string of the molecule is COCc1nnc(C2CCC(NC(=O)OCc3ccccc3)CC2)o1. The number of hydrogen-bond acceptors (Lipinski definition) is 6. The number of aromatic nitrogens is 2. The highest BCUT2D eigenvalue weighted by Gasteiger charge is 2.27. The molecule has 0 bridgehead atoms. The molecule has 0 aliphatic heterocycles. The number of nitrogens with zero attached hydrogens (tertiary/aromatic N) is 2. The number of methoxy groups -OCH3 is 1. The monoisotopic (exact) mass is 345 g/mol. The van der Waals surface area contributed by atoms with Crippen LogP contribution in [0.1, 0.15) is 48.9 Å². The Morgan fingerprint density at radius 1 is 1.16 bits per heavy atom. The quantitative estimate of drug-likeness (QED) is 0.865. The molecule has 1 aromatic carbocycles.